The number of fused-ring (bicyclic) bond motifs is 1. The predicted octanol–water partition coefficient (Wildman–Crippen LogP) is 2.98. The fraction of sp³-hybridized carbons (Fsp3) is 0.333. The number of para-hydroxylation sites is 2. The molecule has 0 saturated carbocycles. The van der Waals surface area contributed by atoms with E-state index in [1.165, 1.54) is 11.9 Å². The lowest BCUT2D eigenvalue weighted by Gasteiger charge is -2.48. The van der Waals surface area contributed by atoms with Crippen LogP contribution < -0.4 is 5.01 Å². The summed E-state index contributed by atoms with van der Waals surface area (Å²) in [5, 5.41) is 14.9. The highest BCUT2D eigenvalue weighted by atomic mass is 16.3. The first kappa shape index (κ1) is 20.3. The zero-order chi connectivity index (χ0) is 21.4. The molecule has 0 spiro atoms. The van der Waals surface area contributed by atoms with E-state index < -0.39 is 24.1 Å². The van der Waals surface area contributed by atoms with Crippen molar-refractivity contribution in [2.75, 3.05) is 12.1 Å². The Labute approximate surface area is 177 Å². The fourth-order valence-electron chi connectivity index (χ4n) is 4.27. The second-order valence-corrected chi connectivity index (χ2v) is 8.18. The number of carbonyl (C=O) groups excluding carboxylic acids is 2. The first-order valence-corrected chi connectivity index (χ1v) is 10.3. The van der Waals surface area contributed by atoms with Gasteiger partial charge < -0.3 is 5.11 Å². The highest BCUT2D eigenvalue weighted by molar-refractivity contribution is 6.08. The Balaban J connectivity index is 1.91. The molecule has 2 heterocycles. The number of benzene rings is 2. The summed E-state index contributed by atoms with van der Waals surface area (Å²) in [5.74, 6) is -1.08. The van der Waals surface area contributed by atoms with Gasteiger partial charge in [-0.3, -0.25) is 19.5 Å². The molecule has 30 heavy (non-hydrogen) atoms. The lowest BCUT2D eigenvalue weighted by molar-refractivity contribution is -0.138. The number of anilines is 2. The first-order chi connectivity index (χ1) is 14.4. The molecule has 6 heteroatoms. The molecule has 2 aromatic rings. The number of nitrogens with zero attached hydrogens (tertiary/aromatic N) is 3. The van der Waals surface area contributed by atoms with E-state index in [0.717, 1.165) is 11.4 Å². The van der Waals surface area contributed by atoms with Crippen LogP contribution in [0.25, 0.3) is 0 Å². The van der Waals surface area contributed by atoms with Crippen LogP contribution in [0.15, 0.2) is 72.8 Å². The lowest BCUT2D eigenvalue weighted by atomic mass is 9.89. The number of hydrazine groups is 1. The minimum Gasteiger partial charge on any atom is -0.391 e. The van der Waals surface area contributed by atoms with Crippen molar-refractivity contribution in [3.8, 4) is 0 Å². The molecule has 4 rings (SSSR count). The third kappa shape index (κ3) is 3.32. The van der Waals surface area contributed by atoms with Gasteiger partial charge in [-0.2, -0.15) is 5.01 Å². The smallest absolute Gasteiger partial charge is 0.249 e. The van der Waals surface area contributed by atoms with Crippen molar-refractivity contribution in [1.82, 2.24) is 9.91 Å². The number of rotatable bonds is 5. The van der Waals surface area contributed by atoms with Gasteiger partial charge in [0, 0.05) is 7.05 Å². The summed E-state index contributed by atoms with van der Waals surface area (Å²) in [4.78, 5) is 27.1. The van der Waals surface area contributed by atoms with Crippen molar-refractivity contribution in [2.24, 2.45) is 11.8 Å². The Bertz CT molecular complexity index is 905. The number of aliphatic hydroxyl groups excluding tert-OH is 1. The Morgan fingerprint density at radius 1 is 0.867 bits per heavy atom. The van der Waals surface area contributed by atoms with Gasteiger partial charge >= 0.3 is 0 Å². The van der Waals surface area contributed by atoms with Crippen molar-refractivity contribution in [3.05, 3.63) is 72.8 Å². The second kappa shape index (κ2) is 8.05. The number of hydrogen-bond acceptors (Lipinski definition) is 5. The van der Waals surface area contributed by atoms with Crippen molar-refractivity contribution in [1.29, 1.82) is 0 Å². The zero-order valence-corrected chi connectivity index (χ0v) is 17.4. The molecule has 1 N–H and O–H groups in total. The Morgan fingerprint density at radius 3 is 1.90 bits per heavy atom. The fourth-order valence-corrected chi connectivity index (χ4v) is 4.27. The molecule has 1 saturated heterocycles. The molecule has 6 nitrogen and oxygen atoms in total. The molecular weight excluding hydrogens is 378 g/mol. The van der Waals surface area contributed by atoms with E-state index in [9.17, 15) is 14.7 Å². The molecular formula is C24H27N3O3. The summed E-state index contributed by atoms with van der Waals surface area (Å²) in [6, 6.07) is 18.3. The van der Waals surface area contributed by atoms with Crippen molar-refractivity contribution >= 4 is 23.2 Å². The van der Waals surface area contributed by atoms with Crippen LogP contribution in [-0.2, 0) is 9.59 Å². The van der Waals surface area contributed by atoms with Gasteiger partial charge in [0.05, 0.1) is 29.4 Å². The van der Waals surface area contributed by atoms with Crippen LogP contribution in [0.1, 0.15) is 13.8 Å². The van der Waals surface area contributed by atoms with Gasteiger partial charge in [-0.15, -0.1) is 0 Å². The number of imide groups is 1. The van der Waals surface area contributed by atoms with Gasteiger partial charge in [-0.1, -0.05) is 62.4 Å². The third-order valence-corrected chi connectivity index (χ3v) is 5.91. The second-order valence-electron chi connectivity index (χ2n) is 8.18. The van der Waals surface area contributed by atoms with Crippen LogP contribution in [0.4, 0.5) is 11.4 Å². The third-order valence-electron chi connectivity index (χ3n) is 5.91. The van der Waals surface area contributed by atoms with E-state index >= 15 is 0 Å². The van der Waals surface area contributed by atoms with Crippen LogP contribution in [0.2, 0.25) is 0 Å². The van der Waals surface area contributed by atoms with Crippen molar-refractivity contribution in [2.45, 2.75) is 32.0 Å². The molecule has 156 valence electrons. The average Bonchev–Trinajstić information content (AvgIpc) is 2.99. The van der Waals surface area contributed by atoms with Gasteiger partial charge in [0.1, 0.15) is 6.04 Å². The quantitative estimate of drug-likeness (QED) is 0.612. The Hall–Kier alpha value is -2.96. The minimum absolute atomic E-state index is 0.0305. The molecule has 2 aromatic carbocycles. The maximum absolute atomic E-state index is 13.2. The number of carbonyl (C=O) groups is 2. The SMILES string of the molecule is CC(C)C(O)C1C=CC2C(=O)N(C)C(=O)C2N1N(c1ccccc1)c1ccccc1. The number of likely N-dealkylation sites (tertiary alicyclic amines) is 1. The molecule has 0 radical (unpaired) electrons. The van der Waals surface area contributed by atoms with E-state index in [-0.39, 0.29) is 17.7 Å². The molecule has 0 aliphatic carbocycles. The normalized spacial score (nSPS) is 25.0. The van der Waals surface area contributed by atoms with Crippen LogP contribution in [-0.4, -0.2) is 52.1 Å². The maximum atomic E-state index is 13.2. The molecule has 4 unspecified atom stereocenters. The van der Waals surface area contributed by atoms with Crippen LogP contribution >= 0.6 is 0 Å². The number of hydrogen-bond donors (Lipinski definition) is 1. The highest BCUT2D eigenvalue weighted by Gasteiger charge is 2.54. The van der Waals surface area contributed by atoms with Crippen LogP contribution in [0.3, 0.4) is 0 Å². The lowest BCUT2D eigenvalue weighted by Crippen LogP contribution is -2.61. The van der Waals surface area contributed by atoms with Gasteiger partial charge in [0.15, 0.2) is 0 Å². The maximum Gasteiger partial charge on any atom is 0.249 e. The number of aliphatic hydroxyl groups is 1. The van der Waals surface area contributed by atoms with E-state index in [1.807, 2.05) is 90.6 Å². The van der Waals surface area contributed by atoms with Gasteiger partial charge in [0.2, 0.25) is 11.8 Å². The zero-order valence-electron chi connectivity index (χ0n) is 17.4. The van der Waals surface area contributed by atoms with Gasteiger partial charge in [-0.05, 0) is 30.2 Å². The van der Waals surface area contributed by atoms with Gasteiger partial charge in [0.25, 0.3) is 0 Å². The van der Waals surface area contributed by atoms with E-state index in [4.69, 9.17) is 0 Å². The van der Waals surface area contributed by atoms with E-state index in [2.05, 4.69) is 0 Å². The Kier molecular flexibility index (Phi) is 5.45. The summed E-state index contributed by atoms with van der Waals surface area (Å²) >= 11 is 0. The van der Waals surface area contributed by atoms with Crippen LogP contribution in [0.5, 0.6) is 0 Å². The van der Waals surface area contributed by atoms with Gasteiger partial charge in [-0.25, -0.2) is 0 Å². The minimum atomic E-state index is -0.717. The monoisotopic (exact) mass is 405 g/mol. The number of amides is 2. The van der Waals surface area contributed by atoms with Crippen molar-refractivity contribution in [3.63, 3.8) is 0 Å². The summed E-state index contributed by atoms with van der Waals surface area (Å²) in [7, 11) is 1.53. The van der Waals surface area contributed by atoms with E-state index in [0.29, 0.717) is 0 Å². The summed E-state index contributed by atoms with van der Waals surface area (Å²) in [6.45, 7) is 3.90. The molecule has 1 fully saturated rings. The standard InChI is InChI=1S/C24H27N3O3/c1-16(2)22(28)20-15-14-19-21(24(30)25(3)23(19)29)27(20)26(17-10-6-4-7-11-17)18-12-8-5-9-13-18/h4-16,19-22,28H,1-3H3. The summed E-state index contributed by atoms with van der Waals surface area (Å²) in [5.41, 5.74) is 1.71. The topological polar surface area (TPSA) is 64.1 Å². The van der Waals surface area contributed by atoms with Crippen molar-refractivity contribution < 1.29 is 14.7 Å². The highest BCUT2D eigenvalue weighted by Crippen LogP contribution is 2.39. The summed E-state index contributed by atoms with van der Waals surface area (Å²) < 4.78 is 0. The van der Waals surface area contributed by atoms with E-state index in [1.54, 1.807) is 6.08 Å². The Morgan fingerprint density at radius 2 is 1.40 bits per heavy atom. The molecule has 2 aliphatic heterocycles. The molecule has 0 aromatic heterocycles. The molecule has 4 atom stereocenters. The summed E-state index contributed by atoms with van der Waals surface area (Å²) in [6.07, 6.45) is 2.94. The predicted molar refractivity (Wildman–Crippen MR) is 116 cm³/mol. The first-order valence-electron chi connectivity index (χ1n) is 10.3. The molecule has 2 aliphatic rings. The van der Waals surface area contributed by atoms with Crippen LogP contribution in [0, 0.1) is 11.8 Å². The number of likely N-dealkylation sites (N-methyl/N-ethyl adjacent to an activating group) is 1. The molecule has 0 bridgehead atoms. The average molecular weight is 405 g/mol. The molecule has 2 amide bonds. The largest absolute Gasteiger partial charge is 0.391 e.